The first-order chi connectivity index (χ1) is 12.3. The van der Waals surface area contributed by atoms with Crippen LogP contribution in [0.15, 0.2) is 36.4 Å². The van der Waals surface area contributed by atoms with Crippen LogP contribution in [0, 0.1) is 0 Å². The maximum absolute atomic E-state index is 10.2. The van der Waals surface area contributed by atoms with E-state index in [0.29, 0.717) is 22.3 Å². The number of fused-ring (bicyclic) bond motifs is 5. The van der Waals surface area contributed by atoms with Gasteiger partial charge in [0.1, 0.15) is 29.8 Å². The second-order valence-corrected chi connectivity index (χ2v) is 6.72. The molecule has 0 aliphatic heterocycles. The lowest BCUT2D eigenvalue weighted by Crippen LogP contribution is -2.50. The summed E-state index contributed by atoms with van der Waals surface area (Å²) in [6, 6.07) is 9.06. The first-order valence-corrected chi connectivity index (χ1v) is 8.32. The van der Waals surface area contributed by atoms with Gasteiger partial charge < -0.3 is 35.7 Å². The Morgan fingerprint density at radius 3 is 1.35 bits per heavy atom. The van der Waals surface area contributed by atoms with Crippen LogP contribution >= 0.6 is 0 Å². The van der Waals surface area contributed by atoms with Gasteiger partial charge in [0.25, 0.3) is 0 Å². The predicted molar refractivity (Wildman–Crippen MR) is 92.6 cm³/mol. The Balaban J connectivity index is 2.14. The number of benzene rings is 2. The standard InChI is InChI=1S/C19H22O7/c20-13-3-1-9-5-11(13)12-6-10(2-4-14(12)21)8-16(23)18(25)19(26)17(24)15(22)7-9/h1-6,15-26H,7-8H2/t15-,16+,17-,18-,19?/m0/s1. The summed E-state index contributed by atoms with van der Waals surface area (Å²) in [5.41, 5.74) is 1.77. The number of hydrogen-bond donors (Lipinski definition) is 7. The summed E-state index contributed by atoms with van der Waals surface area (Å²) >= 11 is 0. The van der Waals surface area contributed by atoms with Gasteiger partial charge in [-0.1, -0.05) is 12.1 Å². The molecule has 4 bridgehead atoms. The van der Waals surface area contributed by atoms with Crippen LogP contribution < -0.4 is 0 Å². The van der Waals surface area contributed by atoms with E-state index < -0.39 is 30.5 Å². The molecule has 26 heavy (non-hydrogen) atoms. The van der Waals surface area contributed by atoms with E-state index in [9.17, 15) is 35.7 Å². The molecule has 1 aliphatic rings. The third-order valence-electron chi connectivity index (χ3n) is 4.79. The fourth-order valence-corrected chi connectivity index (χ4v) is 3.23. The van der Waals surface area contributed by atoms with Gasteiger partial charge in [0.15, 0.2) is 0 Å². The molecule has 1 aliphatic carbocycles. The van der Waals surface area contributed by atoms with Crippen LogP contribution in [-0.2, 0) is 12.8 Å². The number of aliphatic hydroxyl groups is 5. The molecular weight excluding hydrogens is 340 g/mol. The zero-order valence-electron chi connectivity index (χ0n) is 13.9. The summed E-state index contributed by atoms with van der Waals surface area (Å²) in [5, 5.41) is 71.0. The summed E-state index contributed by atoms with van der Waals surface area (Å²) < 4.78 is 0. The Bertz CT molecular complexity index is 726. The van der Waals surface area contributed by atoms with Crippen molar-refractivity contribution in [2.75, 3.05) is 0 Å². The van der Waals surface area contributed by atoms with Gasteiger partial charge in [0, 0.05) is 24.0 Å². The van der Waals surface area contributed by atoms with Crippen molar-refractivity contribution in [1.82, 2.24) is 0 Å². The topological polar surface area (TPSA) is 142 Å². The zero-order valence-corrected chi connectivity index (χ0v) is 13.9. The second kappa shape index (κ2) is 7.22. The van der Waals surface area contributed by atoms with Crippen molar-refractivity contribution in [3.05, 3.63) is 47.5 Å². The lowest BCUT2D eigenvalue weighted by Gasteiger charge is -2.29. The maximum atomic E-state index is 10.2. The van der Waals surface area contributed by atoms with Crippen molar-refractivity contribution in [3.63, 3.8) is 0 Å². The van der Waals surface area contributed by atoms with Crippen molar-refractivity contribution >= 4 is 0 Å². The summed E-state index contributed by atoms with van der Waals surface area (Å²) in [6.45, 7) is 0. The molecule has 0 saturated heterocycles. The van der Waals surface area contributed by atoms with Crippen molar-refractivity contribution in [1.29, 1.82) is 0 Å². The lowest BCUT2D eigenvalue weighted by molar-refractivity contribution is -0.133. The summed E-state index contributed by atoms with van der Waals surface area (Å²) in [7, 11) is 0. The third kappa shape index (κ3) is 3.53. The second-order valence-electron chi connectivity index (χ2n) is 6.72. The minimum Gasteiger partial charge on any atom is -0.507 e. The van der Waals surface area contributed by atoms with Gasteiger partial charge in [-0.25, -0.2) is 0 Å². The average molecular weight is 362 g/mol. The van der Waals surface area contributed by atoms with E-state index in [0.717, 1.165) is 0 Å². The molecule has 0 saturated carbocycles. The Kier molecular flexibility index (Phi) is 5.17. The average Bonchev–Trinajstić information content (AvgIpc) is 2.62. The van der Waals surface area contributed by atoms with Crippen LogP contribution in [0.25, 0.3) is 11.1 Å². The molecule has 0 heterocycles. The molecule has 140 valence electrons. The Morgan fingerprint density at radius 1 is 0.577 bits per heavy atom. The highest BCUT2D eigenvalue weighted by atomic mass is 16.4. The number of phenolic OH excluding ortho intramolecular Hbond substituents is 2. The molecule has 0 spiro atoms. The number of aromatic hydroxyl groups is 2. The van der Waals surface area contributed by atoms with E-state index in [4.69, 9.17) is 0 Å². The molecule has 1 unspecified atom stereocenters. The van der Waals surface area contributed by atoms with Gasteiger partial charge >= 0.3 is 0 Å². The summed E-state index contributed by atoms with van der Waals surface area (Å²) in [4.78, 5) is 0. The molecule has 0 fully saturated rings. The lowest BCUT2D eigenvalue weighted by atomic mass is 9.93. The van der Waals surface area contributed by atoms with Crippen LogP contribution in [0.4, 0.5) is 0 Å². The minimum absolute atomic E-state index is 0.0607. The summed E-state index contributed by atoms with van der Waals surface area (Å²) in [6.07, 6.45) is -8.01. The molecule has 0 aromatic heterocycles. The van der Waals surface area contributed by atoms with E-state index >= 15 is 0 Å². The Labute approximate surface area is 150 Å². The van der Waals surface area contributed by atoms with Crippen LogP contribution in [0.5, 0.6) is 11.5 Å². The number of rotatable bonds is 0. The van der Waals surface area contributed by atoms with E-state index in [1.807, 2.05) is 0 Å². The largest absolute Gasteiger partial charge is 0.507 e. The number of hydrogen-bond acceptors (Lipinski definition) is 7. The zero-order chi connectivity index (χ0) is 19.0. The molecular formula is C19H22O7. The maximum Gasteiger partial charge on any atom is 0.123 e. The molecule has 0 radical (unpaired) electrons. The van der Waals surface area contributed by atoms with Gasteiger partial charge in [-0.15, -0.1) is 0 Å². The van der Waals surface area contributed by atoms with Gasteiger partial charge in [-0.2, -0.15) is 0 Å². The normalized spacial score (nSPS) is 29.3. The van der Waals surface area contributed by atoms with Gasteiger partial charge in [-0.05, 0) is 35.4 Å². The van der Waals surface area contributed by atoms with Crippen LogP contribution in [0.2, 0.25) is 0 Å². The Hall–Kier alpha value is -2.16. The molecule has 7 N–H and O–H groups in total. The van der Waals surface area contributed by atoms with E-state index in [-0.39, 0.29) is 24.3 Å². The van der Waals surface area contributed by atoms with Crippen LogP contribution in [0.1, 0.15) is 11.1 Å². The molecule has 3 rings (SSSR count). The first-order valence-electron chi connectivity index (χ1n) is 8.32. The van der Waals surface area contributed by atoms with Crippen molar-refractivity contribution in [2.45, 2.75) is 43.4 Å². The van der Waals surface area contributed by atoms with Crippen LogP contribution in [0.3, 0.4) is 0 Å². The fraction of sp³-hybridized carbons (Fsp3) is 0.368. The van der Waals surface area contributed by atoms with E-state index in [1.165, 1.54) is 12.1 Å². The smallest absolute Gasteiger partial charge is 0.123 e. The highest BCUT2D eigenvalue weighted by Gasteiger charge is 2.34. The monoisotopic (exact) mass is 362 g/mol. The molecule has 7 nitrogen and oxygen atoms in total. The highest BCUT2D eigenvalue weighted by molar-refractivity contribution is 5.76. The van der Waals surface area contributed by atoms with E-state index in [1.54, 1.807) is 24.3 Å². The van der Waals surface area contributed by atoms with Crippen molar-refractivity contribution in [3.8, 4) is 22.6 Å². The van der Waals surface area contributed by atoms with Crippen molar-refractivity contribution < 1.29 is 35.7 Å². The Morgan fingerprint density at radius 2 is 0.962 bits per heavy atom. The quantitative estimate of drug-likeness (QED) is 0.340. The van der Waals surface area contributed by atoms with Gasteiger partial charge in [0.2, 0.25) is 0 Å². The minimum atomic E-state index is -1.74. The number of aliphatic hydroxyl groups excluding tert-OH is 5. The first kappa shape index (κ1) is 18.6. The predicted octanol–water partition coefficient (Wildman–Crippen LogP) is -0.332. The molecule has 5 atom stereocenters. The SMILES string of the molecule is Oc1ccc2cc1-c1cc(ccc1O)C[C@H](O)[C@H](O)C(O)[C@@H](O)[C@H](O)C2. The summed E-state index contributed by atoms with van der Waals surface area (Å²) in [5.74, 6) is -0.154. The van der Waals surface area contributed by atoms with Crippen molar-refractivity contribution in [2.24, 2.45) is 0 Å². The fourth-order valence-electron chi connectivity index (χ4n) is 3.23. The highest BCUT2D eigenvalue weighted by Crippen LogP contribution is 2.37. The van der Waals surface area contributed by atoms with Crippen LogP contribution in [-0.4, -0.2) is 66.3 Å². The molecule has 7 heteroatoms. The molecule has 2 aromatic rings. The molecule has 0 amide bonds. The third-order valence-corrected chi connectivity index (χ3v) is 4.79. The molecule has 2 aromatic carbocycles. The van der Waals surface area contributed by atoms with E-state index in [2.05, 4.69) is 0 Å². The van der Waals surface area contributed by atoms with Gasteiger partial charge in [-0.3, -0.25) is 0 Å². The number of phenols is 2. The van der Waals surface area contributed by atoms with Gasteiger partial charge in [0.05, 0.1) is 12.2 Å².